The highest BCUT2D eigenvalue weighted by molar-refractivity contribution is 5.76. The van der Waals surface area contributed by atoms with Gasteiger partial charge in [0.1, 0.15) is 5.75 Å². The van der Waals surface area contributed by atoms with Gasteiger partial charge in [-0.05, 0) is 49.5 Å². The summed E-state index contributed by atoms with van der Waals surface area (Å²) in [6.07, 6.45) is 3.75. The molecule has 1 aliphatic rings. The van der Waals surface area contributed by atoms with Gasteiger partial charge < -0.3 is 14.5 Å². The molecule has 31 heavy (non-hydrogen) atoms. The molecule has 1 aliphatic heterocycles. The molecule has 1 saturated heterocycles. The molecule has 2 aromatic carbocycles. The molecule has 1 fully saturated rings. The fourth-order valence-corrected chi connectivity index (χ4v) is 4.31. The monoisotopic (exact) mass is 422 g/mol. The summed E-state index contributed by atoms with van der Waals surface area (Å²) in [6, 6.07) is 20.2. The molecule has 3 rings (SSSR count). The van der Waals surface area contributed by atoms with E-state index in [1.54, 1.807) is 0 Å². The number of carbonyl (C=O) groups is 1. The average Bonchev–Trinajstić information content (AvgIpc) is 2.80. The second-order valence-corrected chi connectivity index (χ2v) is 9.33. The third-order valence-corrected chi connectivity index (χ3v) is 6.69. The molecule has 1 heterocycles. The summed E-state index contributed by atoms with van der Waals surface area (Å²) in [5.74, 6) is 1.80. The van der Waals surface area contributed by atoms with Crippen molar-refractivity contribution in [3.05, 3.63) is 66.2 Å². The van der Waals surface area contributed by atoms with Crippen molar-refractivity contribution < 1.29 is 9.53 Å². The second kappa shape index (κ2) is 11.3. The normalized spacial score (nSPS) is 17.1. The zero-order chi connectivity index (χ0) is 22.1. The number of amides is 1. The van der Waals surface area contributed by atoms with Crippen LogP contribution in [0.1, 0.15) is 45.1 Å². The molecule has 0 unspecified atom stereocenters. The van der Waals surface area contributed by atoms with Crippen molar-refractivity contribution in [1.29, 1.82) is 0 Å². The summed E-state index contributed by atoms with van der Waals surface area (Å²) in [4.78, 5) is 17.6. The fraction of sp³-hybridized carbons (Fsp3) is 0.519. The lowest BCUT2D eigenvalue weighted by molar-refractivity contribution is -0.134. The molecule has 0 spiro atoms. The standard InChI is InChI=1S/C27H38N2O2/c1-4-23(2)20-29-17-15-27(16-18-29,22-31-25-13-9-6-10-14-25)19-26(30)28(3)21-24-11-7-5-8-12-24/h5-14,23H,4,15-22H2,1-3H3/t23-/m1/s1. The Kier molecular flexibility index (Phi) is 8.53. The Morgan fingerprint density at radius 3 is 2.29 bits per heavy atom. The summed E-state index contributed by atoms with van der Waals surface area (Å²) in [7, 11) is 1.92. The zero-order valence-corrected chi connectivity index (χ0v) is 19.4. The van der Waals surface area contributed by atoms with Crippen LogP contribution in [-0.4, -0.2) is 49.0 Å². The van der Waals surface area contributed by atoms with Gasteiger partial charge in [0.15, 0.2) is 0 Å². The van der Waals surface area contributed by atoms with Gasteiger partial charge in [-0.1, -0.05) is 68.8 Å². The van der Waals surface area contributed by atoms with Crippen molar-refractivity contribution in [2.24, 2.45) is 11.3 Å². The van der Waals surface area contributed by atoms with Gasteiger partial charge in [-0.2, -0.15) is 0 Å². The van der Waals surface area contributed by atoms with Crippen molar-refractivity contribution in [3.8, 4) is 5.75 Å². The molecule has 168 valence electrons. The number of piperidine rings is 1. The first kappa shape index (κ1) is 23.3. The van der Waals surface area contributed by atoms with Crippen molar-refractivity contribution in [2.45, 2.75) is 46.1 Å². The number of hydrogen-bond donors (Lipinski definition) is 0. The Balaban J connectivity index is 1.64. The molecule has 4 nitrogen and oxygen atoms in total. The maximum Gasteiger partial charge on any atom is 0.223 e. The van der Waals surface area contributed by atoms with Crippen molar-refractivity contribution in [3.63, 3.8) is 0 Å². The van der Waals surface area contributed by atoms with E-state index in [2.05, 4.69) is 30.9 Å². The minimum absolute atomic E-state index is 0.107. The lowest BCUT2D eigenvalue weighted by Gasteiger charge is -2.42. The molecular weight excluding hydrogens is 384 g/mol. The molecule has 0 aliphatic carbocycles. The Labute approximate surface area is 188 Å². The van der Waals surface area contributed by atoms with Gasteiger partial charge in [0, 0.05) is 32.0 Å². The molecular formula is C27H38N2O2. The first-order chi connectivity index (χ1) is 15.0. The maximum atomic E-state index is 13.2. The van der Waals surface area contributed by atoms with Crippen LogP contribution in [0.5, 0.6) is 5.75 Å². The number of benzene rings is 2. The van der Waals surface area contributed by atoms with Crippen LogP contribution in [-0.2, 0) is 11.3 Å². The van der Waals surface area contributed by atoms with Gasteiger partial charge in [0.2, 0.25) is 5.91 Å². The number of likely N-dealkylation sites (tertiary alicyclic amines) is 1. The van der Waals surface area contributed by atoms with Crippen LogP contribution in [0.3, 0.4) is 0 Å². The number of para-hydroxylation sites is 1. The topological polar surface area (TPSA) is 32.8 Å². The van der Waals surface area contributed by atoms with Crippen LogP contribution in [0.25, 0.3) is 0 Å². The first-order valence-corrected chi connectivity index (χ1v) is 11.7. The highest BCUT2D eigenvalue weighted by Crippen LogP contribution is 2.37. The van der Waals surface area contributed by atoms with Crippen LogP contribution in [0.15, 0.2) is 60.7 Å². The van der Waals surface area contributed by atoms with Crippen LogP contribution >= 0.6 is 0 Å². The summed E-state index contributed by atoms with van der Waals surface area (Å²) < 4.78 is 6.20. The van der Waals surface area contributed by atoms with E-state index in [-0.39, 0.29) is 11.3 Å². The highest BCUT2D eigenvalue weighted by Gasteiger charge is 2.38. The lowest BCUT2D eigenvalue weighted by atomic mass is 9.75. The summed E-state index contributed by atoms with van der Waals surface area (Å²) >= 11 is 0. The number of nitrogens with zero attached hydrogens (tertiary/aromatic N) is 2. The Hall–Kier alpha value is -2.33. The van der Waals surface area contributed by atoms with E-state index in [1.165, 1.54) is 6.42 Å². The molecule has 0 saturated carbocycles. The van der Waals surface area contributed by atoms with Crippen LogP contribution in [0.4, 0.5) is 0 Å². The number of ether oxygens (including phenoxy) is 1. The van der Waals surface area contributed by atoms with Crippen molar-refractivity contribution in [1.82, 2.24) is 9.80 Å². The first-order valence-electron chi connectivity index (χ1n) is 11.7. The number of carbonyl (C=O) groups excluding carboxylic acids is 1. The van der Waals surface area contributed by atoms with E-state index in [0.717, 1.165) is 43.8 Å². The SMILES string of the molecule is CC[C@@H](C)CN1CCC(COc2ccccc2)(CC(=O)N(C)Cc2ccccc2)CC1. The minimum atomic E-state index is -0.107. The van der Waals surface area contributed by atoms with Gasteiger partial charge in [-0.25, -0.2) is 0 Å². The second-order valence-electron chi connectivity index (χ2n) is 9.33. The van der Waals surface area contributed by atoms with E-state index < -0.39 is 0 Å². The molecule has 1 amide bonds. The fourth-order valence-electron chi connectivity index (χ4n) is 4.31. The van der Waals surface area contributed by atoms with Gasteiger partial charge in [-0.3, -0.25) is 4.79 Å². The molecule has 0 N–H and O–H groups in total. The average molecular weight is 423 g/mol. The third-order valence-electron chi connectivity index (χ3n) is 6.69. The molecule has 0 radical (unpaired) electrons. The van der Waals surface area contributed by atoms with Gasteiger partial charge in [0.05, 0.1) is 6.61 Å². The van der Waals surface area contributed by atoms with Crippen molar-refractivity contribution in [2.75, 3.05) is 33.3 Å². The van der Waals surface area contributed by atoms with Crippen molar-refractivity contribution >= 4 is 5.91 Å². The van der Waals surface area contributed by atoms with Gasteiger partial charge in [-0.15, -0.1) is 0 Å². The Morgan fingerprint density at radius 2 is 1.68 bits per heavy atom. The van der Waals surface area contributed by atoms with Crippen LogP contribution < -0.4 is 4.74 Å². The van der Waals surface area contributed by atoms with Crippen LogP contribution in [0.2, 0.25) is 0 Å². The number of hydrogen-bond acceptors (Lipinski definition) is 3. The largest absolute Gasteiger partial charge is 0.493 e. The molecule has 2 aromatic rings. The highest BCUT2D eigenvalue weighted by atomic mass is 16.5. The Bertz CT molecular complexity index is 785. The van der Waals surface area contributed by atoms with E-state index in [0.29, 0.717) is 25.5 Å². The predicted molar refractivity (Wildman–Crippen MR) is 127 cm³/mol. The van der Waals surface area contributed by atoms with Crippen LogP contribution in [0, 0.1) is 11.3 Å². The quantitative estimate of drug-likeness (QED) is 0.525. The van der Waals surface area contributed by atoms with E-state index in [1.807, 2.05) is 60.5 Å². The summed E-state index contributed by atoms with van der Waals surface area (Å²) in [6.45, 7) is 9.05. The van der Waals surface area contributed by atoms with E-state index in [4.69, 9.17) is 4.74 Å². The summed E-state index contributed by atoms with van der Waals surface area (Å²) in [5.41, 5.74) is 1.06. The molecule has 0 aromatic heterocycles. The lowest BCUT2D eigenvalue weighted by Crippen LogP contribution is -2.46. The maximum absolute atomic E-state index is 13.2. The minimum Gasteiger partial charge on any atom is -0.493 e. The van der Waals surface area contributed by atoms with Gasteiger partial charge in [0.25, 0.3) is 0 Å². The third kappa shape index (κ3) is 7.10. The molecule has 0 bridgehead atoms. The predicted octanol–water partition coefficient (Wildman–Crippen LogP) is 5.24. The number of rotatable bonds is 10. The van der Waals surface area contributed by atoms with E-state index >= 15 is 0 Å². The van der Waals surface area contributed by atoms with E-state index in [9.17, 15) is 4.79 Å². The smallest absolute Gasteiger partial charge is 0.223 e. The zero-order valence-electron chi connectivity index (χ0n) is 19.4. The Morgan fingerprint density at radius 1 is 1.06 bits per heavy atom. The molecule has 1 atom stereocenters. The summed E-state index contributed by atoms with van der Waals surface area (Å²) in [5, 5.41) is 0. The molecule has 4 heteroatoms. The van der Waals surface area contributed by atoms with Gasteiger partial charge >= 0.3 is 0 Å².